The Bertz CT molecular complexity index is 4930. The first-order chi connectivity index (χ1) is 40.9. The van der Waals surface area contributed by atoms with Crippen LogP contribution in [0.2, 0.25) is 0 Å². The maximum absolute atomic E-state index is 6.90. The van der Waals surface area contributed by atoms with E-state index in [4.69, 9.17) is 8.83 Å². The van der Waals surface area contributed by atoms with Gasteiger partial charge in [-0.3, -0.25) is 0 Å². The Morgan fingerprint density at radius 2 is 0.583 bits per heavy atom. The molecular weight excluding hydrogens is 1020 g/mol. The monoisotopic (exact) mass is 1080 g/mol. The average molecular weight is 1090 g/mol. The van der Waals surface area contributed by atoms with Crippen LogP contribution >= 0.6 is 0 Å². The summed E-state index contributed by atoms with van der Waals surface area (Å²) in [4.78, 5) is 4.72. The van der Waals surface area contributed by atoms with E-state index in [0.29, 0.717) is 0 Å². The van der Waals surface area contributed by atoms with Gasteiger partial charge in [-0.05, 0) is 166 Å². The highest BCUT2D eigenvalue weighted by Gasteiger charge is 2.24. The highest BCUT2D eigenvalue weighted by atomic mass is 16.3. The van der Waals surface area contributed by atoms with Gasteiger partial charge in [-0.2, -0.15) is 0 Å². The van der Waals surface area contributed by atoms with Crippen LogP contribution in [0.5, 0.6) is 0 Å². The normalized spacial score (nSPS) is 12.4. The van der Waals surface area contributed by atoms with Crippen LogP contribution in [-0.4, -0.2) is 9.13 Å². The standard InChI is InChI=1S/C78H60N4O2/c1-77(2,3)51-25-29-55(30-26-51)79(57-33-37-63-61-21-13-15-23-69(61)81(71(63)45-57)53-17-9-7-10-18-53)59-35-39-65-67-41-49-42-68-66-40-36-60(48-76(66)84-74(68)44-50(49)43-73(67)83-75(65)47-59)80(56-31-27-52(28-32-56)78(4,5)6)58-34-38-64-62-22-14-16-24-70(62)82(72(64)46-58)54-19-11-8-12-20-54/h7-48H,1-6H3. The summed E-state index contributed by atoms with van der Waals surface area (Å²) in [7, 11) is 0. The maximum atomic E-state index is 6.90. The molecule has 0 saturated heterocycles. The number of fused-ring (bicyclic) bond motifs is 13. The zero-order valence-electron chi connectivity index (χ0n) is 47.9. The summed E-state index contributed by atoms with van der Waals surface area (Å²) in [5.41, 5.74) is 19.1. The van der Waals surface area contributed by atoms with Gasteiger partial charge in [0.1, 0.15) is 22.3 Å². The molecule has 6 heteroatoms. The molecule has 404 valence electrons. The number of benzene rings is 12. The van der Waals surface area contributed by atoms with Crippen molar-refractivity contribution in [2.75, 3.05) is 9.80 Å². The van der Waals surface area contributed by atoms with Gasteiger partial charge in [0.25, 0.3) is 0 Å². The summed E-state index contributed by atoms with van der Waals surface area (Å²) in [6.45, 7) is 13.6. The largest absolute Gasteiger partial charge is 0.456 e. The van der Waals surface area contributed by atoms with E-state index in [0.717, 1.165) is 111 Å². The summed E-state index contributed by atoms with van der Waals surface area (Å²) < 4.78 is 18.6. The maximum Gasteiger partial charge on any atom is 0.137 e. The summed E-state index contributed by atoms with van der Waals surface area (Å²) in [6.07, 6.45) is 0. The number of aromatic nitrogens is 2. The number of nitrogens with zero attached hydrogens (tertiary/aromatic N) is 4. The van der Waals surface area contributed by atoms with Crippen LogP contribution in [0.25, 0.3) is 110 Å². The Morgan fingerprint density at radius 1 is 0.262 bits per heavy atom. The molecule has 0 spiro atoms. The molecule has 0 aliphatic rings. The molecule has 0 fully saturated rings. The minimum atomic E-state index is 0.0152. The molecule has 4 heterocycles. The highest BCUT2D eigenvalue weighted by Crippen LogP contribution is 2.46. The third-order valence-corrected chi connectivity index (χ3v) is 17.3. The second-order valence-electron chi connectivity index (χ2n) is 24.7. The molecule has 84 heavy (non-hydrogen) atoms. The van der Waals surface area contributed by atoms with Gasteiger partial charge < -0.3 is 27.8 Å². The number of rotatable bonds is 8. The number of para-hydroxylation sites is 4. The second-order valence-corrected chi connectivity index (χ2v) is 24.7. The van der Waals surface area contributed by atoms with E-state index in [1.807, 2.05) is 0 Å². The van der Waals surface area contributed by atoms with Gasteiger partial charge >= 0.3 is 0 Å². The zero-order valence-corrected chi connectivity index (χ0v) is 47.9. The molecule has 0 saturated carbocycles. The topological polar surface area (TPSA) is 42.6 Å². The molecule has 0 unspecified atom stereocenters. The SMILES string of the molecule is CC(C)(C)c1ccc(N(c2ccc3c(c2)oc2cc4cc5oc6cc(N(c7ccc(C(C)(C)C)cc7)c7ccc8c9ccccc9n(-c9ccccc9)c8c7)ccc6c5cc4cc23)c2ccc3c4ccccc4n(-c4ccccc4)c3c2)cc1. The Kier molecular flexibility index (Phi) is 11.0. The minimum Gasteiger partial charge on any atom is -0.456 e. The molecule has 16 rings (SSSR count). The van der Waals surface area contributed by atoms with Crippen molar-refractivity contribution in [2.24, 2.45) is 0 Å². The van der Waals surface area contributed by atoms with Crippen LogP contribution in [-0.2, 0) is 10.8 Å². The van der Waals surface area contributed by atoms with Crippen molar-refractivity contribution in [3.8, 4) is 11.4 Å². The fourth-order valence-corrected chi connectivity index (χ4v) is 13.1. The van der Waals surface area contributed by atoms with Gasteiger partial charge in [-0.15, -0.1) is 0 Å². The third kappa shape index (κ3) is 8.00. The van der Waals surface area contributed by atoms with Gasteiger partial charge in [0.15, 0.2) is 0 Å². The Hall–Kier alpha value is -10.3. The fourth-order valence-electron chi connectivity index (χ4n) is 13.1. The van der Waals surface area contributed by atoms with Crippen LogP contribution in [0.1, 0.15) is 52.7 Å². The first kappa shape index (κ1) is 49.5. The summed E-state index contributed by atoms with van der Waals surface area (Å²) in [5.74, 6) is 0. The molecule has 0 atom stereocenters. The molecule has 6 nitrogen and oxygen atoms in total. The van der Waals surface area contributed by atoms with E-state index in [9.17, 15) is 0 Å². The van der Waals surface area contributed by atoms with Crippen molar-refractivity contribution in [1.82, 2.24) is 9.13 Å². The minimum absolute atomic E-state index is 0.0152. The predicted octanol–water partition coefficient (Wildman–Crippen LogP) is 22.4. The number of hydrogen-bond donors (Lipinski definition) is 0. The summed E-state index contributed by atoms with van der Waals surface area (Å²) in [5, 5.41) is 11.3. The van der Waals surface area contributed by atoms with Gasteiger partial charge in [-0.1, -0.05) is 151 Å². The quantitative estimate of drug-likeness (QED) is 0.152. The van der Waals surface area contributed by atoms with Crippen molar-refractivity contribution in [3.05, 3.63) is 266 Å². The van der Waals surface area contributed by atoms with Gasteiger partial charge in [0.05, 0.1) is 22.1 Å². The van der Waals surface area contributed by atoms with E-state index in [1.54, 1.807) is 0 Å². The van der Waals surface area contributed by atoms with Crippen LogP contribution in [0.15, 0.2) is 264 Å². The Labute approximate surface area is 487 Å². The van der Waals surface area contributed by atoms with Crippen molar-refractivity contribution >= 4 is 132 Å². The summed E-state index contributed by atoms with van der Waals surface area (Å²) >= 11 is 0. The lowest BCUT2D eigenvalue weighted by Gasteiger charge is -2.27. The molecule has 16 aromatic rings. The van der Waals surface area contributed by atoms with E-state index in [-0.39, 0.29) is 10.8 Å². The number of furan rings is 2. The number of hydrogen-bond acceptors (Lipinski definition) is 4. The van der Waals surface area contributed by atoms with Crippen molar-refractivity contribution in [3.63, 3.8) is 0 Å². The van der Waals surface area contributed by atoms with E-state index in [2.05, 4.69) is 315 Å². The Balaban J connectivity index is 0.803. The lowest BCUT2D eigenvalue weighted by Crippen LogP contribution is -2.13. The lowest BCUT2D eigenvalue weighted by atomic mass is 9.87. The van der Waals surface area contributed by atoms with E-state index < -0.39 is 0 Å². The lowest BCUT2D eigenvalue weighted by molar-refractivity contribution is 0.590. The third-order valence-electron chi connectivity index (χ3n) is 17.3. The predicted molar refractivity (Wildman–Crippen MR) is 354 cm³/mol. The molecule has 4 aromatic heterocycles. The molecule has 0 aliphatic carbocycles. The van der Waals surface area contributed by atoms with Crippen LogP contribution in [0.3, 0.4) is 0 Å². The Morgan fingerprint density at radius 3 is 0.988 bits per heavy atom. The van der Waals surface area contributed by atoms with Crippen molar-refractivity contribution in [2.45, 2.75) is 52.4 Å². The first-order valence-corrected chi connectivity index (χ1v) is 29.1. The average Bonchev–Trinajstić information content (AvgIpc) is 1.92. The van der Waals surface area contributed by atoms with E-state index >= 15 is 0 Å². The van der Waals surface area contributed by atoms with Gasteiger partial charge in [-0.25, -0.2) is 0 Å². The van der Waals surface area contributed by atoms with E-state index in [1.165, 1.54) is 43.7 Å². The fraction of sp³-hybridized carbons (Fsp3) is 0.103. The van der Waals surface area contributed by atoms with Crippen LogP contribution in [0.4, 0.5) is 34.1 Å². The molecular formula is C78H60N4O2. The van der Waals surface area contributed by atoms with Crippen molar-refractivity contribution in [1.29, 1.82) is 0 Å². The molecule has 0 N–H and O–H groups in total. The first-order valence-electron chi connectivity index (χ1n) is 29.1. The molecule has 0 bridgehead atoms. The molecule has 0 amide bonds. The van der Waals surface area contributed by atoms with Gasteiger partial charge in [0, 0.05) is 101 Å². The second kappa shape index (κ2) is 18.6. The van der Waals surface area contributed by atoms with Crippen LogP contribution < -0.4 is 9.80 Å². The highest BCUT2D eigenvalue weighted by molar-refractivity contribution is 6.17. The smallest absolute Gasteiger partial charge is 0.137 e. The van der Waals surface area contributed by atoms with Crippen LogP contribution in [0, 0.1) is 0 Å². The molecule has 0 radical (unpaired) electrons. The number of anilines is 6. The molecule has 0 aliphatic heterocycles. The zero-order chi connectivity index (χ0) is 56.6. The van der Waals surface area contributed by atoms with Gasteiger partial charge in [0.2, 0.25) is 0 Å². The van der Waals surface area contributed by atoms with Crippen molar-refractivity contribution < 1.29 is 8.83 Å². The summed E-state index contributed by atoms with van der Waals surface area (Å²) in [6, 6.07) is 92.8. The molecule has 12 aromatic carbocycles.